The van der Waals surface area contributed by atoms with Crippen LogP contribution in [0, 0.1) is 0 Å². The highest BCUT2D eigenvalue weighted by molar-refractivity contribution is 6.29. The largest absolute Gasteiger partial charge is 0.538 e. The van der Waals surface area contributed by atoms with Gasteiger partial charge in [-0.3, -0.25) is 0 Å². The molecule has 0 saturated heterocycles. The zero-order valence-corrected chi connectivity index (χ0v) is 18.6. The molecule has 3 aromatic rings. The number of rotatable bonds is 8. The molecule has 9 heteroatoms. The fourth-order valence-corrected chi connectivity index (χ4v) is 3.14. The van der Waals surface area contributed by atoms with Crippen LogP contribution in [0.1, 0.15) is 13.8 Å². The fraction of sp³-hybridized carbons (Fsp3) is 0.250. The number of para-hydroxylation sites is 1. The lowest BCUT2D eigenvalue weighted by Gasteiger charge is -2.12. The fourth-order valence-electron chi connectivity index (χ4n) is 2.19. The lowest BCUT2D eigenvalue weighted by molar-refractivity contribution is 0.410. The maximum Gasteiger partial charge on any atom is 0.310 e. The first-order valence-corrected chi connectivity index (χ1v) is 11.3. The van der Waals surface area contributed by atoms with Gasteiger partial charge in [0.15, 0.2) is 17.2 Å². The van der Waals surface area contributed by atoms with Crippen molar-refractivity contribution in [3.8, 4) is 34.3 Å². The van der Waals surface area contributed by atoms with Gasteiger partial charge < -0.3 is 18.7 Å². The minimum absolute atomic E-state index is 0.148. The molecular weight excluding hydrogens is 402 g/mol. The molecule has 4 radical (unpaired) electrons. The van der Waals surface area contributed by atoms with Crippen LogP contribution in [0.3, 0.4) is 0 Å². The normalized spacial score (nSPS) is 9.90. The SMILES string of the molecule is CC[Si]Oc1cccc(O)c1O[Si]CC.COc1cnnnc1-c1ccccc1. The van der Waals surface area contributed by atoms with Crippen molar-refractivity contribution < 1.29 is 18.7 Å². The monoisotopic (exact) mass is 425 g/mol. The van der Waals surface area contributed by atoms with Crippen LogP contribution in [-0.4, -0.2) is 47.2 Å². The average molecular weight is 426 g/mol. The number of phenolic OH excluding ortho intramolecular Hbond substituents is 1. The molecule has 29 heavy (non-hydrogen) atoms. The predicted molar refractivity (Wildman–Crippen MR) is 114 cm³/mol. The van der Waals surface area contributed by atoms with E-state index >= 15 is 0 Å². The molecule has 0 aliphatic rings. The van der Waals surface area contributed by atoms with Crippen molar-refractivity contribution in [1.29, 1.82) is 0 Å². The Bertz CT molecular complexity index is 869. The molecule has 150 valence electrons. The van der Waals surface area contributed by atoms with Crippen LogP contribution in [0.15, 0.2) is 54.7 Å². The highest BCUT2D eigenvalue weighted by Crippen LogP contribution is 2.35. The number of hydrogen-bond donors (Lipinski definition) is 1. The Balaban J connectivity index is 0.000000207. The zero-order valence-electron chi connectivity index (χ0n) is 16.6. The number of nitrogens with zero attached hydrogens (tertiary/aromatic N) is 3. The van der Waals surface area contributed by atoms with Crippen LogP contribution in [0.5, 0.6) is 23.0 Å². The minimum Gasteiger partial charge on any atom is -0.538 e. The van der Waals surface area contributed by atoms with E-state index in [0.717, 1.165) is 17.7 Å². The molecule has 0 bridgehead atoms. The quantitative estimate of drug-likeness (QED) is 0.549. The van der Waals surface area contributed by atoms with E-state index in [1.54, 1.807) is 25.4 Å². The van der Waals surface area contributed by atoms with Gasteiger partial charge in [-0.05, 0) is 29.4 Å². The second-order valence-electron chi connectivity index (χ2n) is 5.52. The lowest BCUT2D eigenvalue weighted by atomic mass is 10.1. The van der Waals surface area contributed by atoms with Gasteiger partial charge in [-0.15, -0.1) is 10.2 Å². The molecular formula is C20H23N3O4Si2. The number of aromatic nitrogens is 3. The van der Waals surface area contributed by atoms with Gasteiger partial charge in [0.05, 0.1) is 13.3 Å². The van der Waals surface area contributed by atoms with E-state index < -0.39 is 0 Å². The zero-order chi connectivity index (χ0) is 20.9. The first-order valence-electron chi connectivity index (χ1n) is 9.10. The lowest BCUT2D eigenvalue weighted by Crippen LogP contribution is -2.05. The maximum atomic E-state index is 9.62. The molecule has 0 saturated carbocycles. The molecule has 0 fully saturated rings. The van der Waals surface area contributed by atoms with E-state index in [9.17, 15) is 5.11 Å². The van der Waals surface area contributed by atoms with Crippen LogP contribution in [0.25, 0.3) is 11.3 Å². The third-order valence-electron chi connectivity index (χ3n) is 3.48. The molecule has 0 aliphatic heterocycles. The van der Waals surface area contributed by atoms with Gasteiger partial charge in [0.25, 0.3) is 0 Å². The van der Waals surface area contributed by atoms with Crippen molar-refractivity contribution in [3.63, 3.8) is 0 Å². The van der Waals surface area contributed by atoms with E-state index in [4.69, 9.17) is 13.6 Å². The highest BCUT2D eigenvalue weighted by Gasteiger charge is 2.10. The Morgan fingerprint density at radius 2 is 1.62 bits per heavy atom. The number of hydrogen-bond acceptors (Lipinski definition) is 7. The standard InChI is InChI=1S/C10H9N3O.C10H14O3Si2/c1-14-9-7-11-13-12-10(9)8-5-3-2-4-6-8;1-3-14-12-9-7-5-6-8(11)10(9)13-15-4-2/h2-7H,1H3;5-7,11H,3-4H2,1-2H3. The Morgan fingerprint density at radius 3 is 2.31 bits per heavy atom. The van der Waals surface area contributed by atoms with E-state index in [1.165, 1.54) is 0 Å². The first-order chi connectivity index (χ1) is 14.2. The van der Waals surface area contributed by atoms with Crippen molar-refractivity contribution >= 4 is 19.5 Å². The van der Waals surface area contributed by atoms with Crippen molar-refractivity contribution in [2.24, 2.45) is 0 Å². The minimum atomic E-state index is 0.148. The average Bonchev–Trinajstić information content (AvgIpc) is 2.78. The second-order valence-corrected chi connectivity index (χ2v) is 7.92. The van der Waals surface area contributed by atoms with Crippen molar-refractivity contribution in [3.05, 3.63) is 54.7 Å². The molecule has 0 atom stereocenters. The summed E-state index contributed by atoms with van der Waals surface area (Å²) in [5, 5.41) is 20.8. The molecule has 0 aliphatic carbocycles. The summed E-state index contributed by atoms with van der Waals surface area (Å²) in [4.78, 5) is 0. The van der Waals surface area contributed by atoms with Crippen LogP contribution >= 0.6 is 0 Å². The summed E-state index contributed by atoms with van der Waals surface area (Å²) in [5.41, 5.74) is 1.68. The Kier molecular flexibility index (Phi) is 9.66. The summed E-state index contributed by atoms with van der Waals surface area (Å²) >= 11 is 0. The number of benzene rings is 2. The van der Waals surface area contributed by atoms with E-state index in [2.05, 4.69) is 22.3 Å². The third kappa shape index (κ3) is 6.88. The molecule has 1 aromatic heterocycles. The summed E-state index contributed by atoms with van der Waals surface area (Å²) in [6.45, 7) is 4.09. The Hall–Kier alpha value is -2.92. The van der Waals surface area contributed by atoms with E-state index in [1.807, 2.05) is 43.3 Å². The van der Waals surface area contributed by atoms with Crippen LogP contribution in [0.4, 0.5) is 0 Å². The van der Waals surface area contributed by atoms with Gasteiger partial charge in [-0.2, -0.15) is 0 Å². The Morgan fingerprint density at radius 1 is 0.897 bits per heavy atom. The van der Waals surface area contributed by atoms with Crippen LogP contribution in [-0.2, 0) is 0 Å². The predicted octanol–water partition coefficient (Wildman–Crippen LogP) is 3.81. The van der Waals surface area contributed by atoms with Crippen molar-refractivity contribution in [2.75, 3.05) is 7.11 Å². The van der Waals surface area contributed by atoms with Crippen molar-refractivity contribution in [2.45, 2.75) is 25.9 Å². The maximum absolute atomic E-state index is 9.62. The summed E-state index contributed by atoms with van der Waals surface area (Å²) in [6, 6.07) is 16.8. The summed E-state index contributed by atoms with van der Waals surface area (Å²) in [7, 11) is 2.34. The van der Waals surface area contributed by atoms with E-state index in [0.29, 0.717) is 42.5 Å². The smallest absolute Gasteiger partial charge is 0.310 e. The van der Waals surface area contributed by atoms with Gasteiger partial charge in [0.2, 0.25) is 0 Å². The number of phenols is 1. The third-order valence-corrected chi connectivity index (χ3v) is 4.77. The van der Waals surface area contributed by atoms with Crippen LogP contribution < -0.4 is 13.6 Å². The summed E-state index contributed by atoms with van der Waals surface area (Å²) in [5.74, 6) is 1.88. The molecule has 0 unspecified atom stereocenters. The summed E-state index contributed by atoms with van der Waals surface area (Å²) in [6.07, 6.45) is 1.55. The molecule has 0 spiro atoms. The van der Waals surface area contributed by atoms with E-state index in [-0.39, 0.29) is 5.75 Å². The van der Waals surface area contributed by atoms with Gasteiger partial charge in [-0.1, -0.05) is 50.2 Å². The van der Waals surface area contributed by atoms with Gasteiger partial charge in [0.1, 0.15) is 11.4 Å². The highest BCUT2D eigenvalue weighted by atomic mass is 28.2. The molecule has 7 nitrogen and oxygen atoms in total. The number of methoxy groups -OCH3 is 1. The summed E-state index contributed by atoms with van der Waals surface area (Å²) < 4.78 is 16.1. The molecule has 1 N–H and O–H groups in total. The molecule has 1 heterocycles. The topological polar surface area (TPSA) is 86.6 Å². The Labute approximate surface area is 176 Å². The first kappa shape index (κ1) is 22.4. The molecule has 0 amide bonds. The molecule has 2 aromatic carbocycles. The van der Waals surface area contributed by atoms with Gasteiger partial charge in [0, 0.05) is 5.56 Å². The number of ether oxygens (including phenoxy) is 1. The second kappa shape index (κ2) is 12.5. The van der Waals surface area contributed by atoms with Crippen molar-refractivity contribution in [1.82, 2.24) is 15.4 Å². The van der Waals surface area contributed by atoms with Gasteiger partial charge >= 0.3 is 19.5 Å². The van der Waals surface area contributed by atoms with Crippen LogP contribution in [0.2, 0.25) is 12.1 Å². The number of aromatic hydroxyl groups is 1. The molecule has 3 rings (SSSR count). The van der Waals surface area contributed by atoms with Gasteiger partial charge in [-0.25, -0.2) is 0 Å².